The Morgan fingerprint density at radius 3 is 2.48 bits per heavy atom. The summed E-state index contributed by atoms with van der Waals surface area (Å²) in [6.07, 6.45) is 1.36. The highest BCUT2D eigenvalue weighted by Crippen LogP contribution is 2.22. The lowest BCUT2D eigenvalue weighted by Crippen LogP contribution is -2.14. The molecule has 134 valence electrons. The Morgan fingerprint density at radius 2 is 1.84 bits per heavy atom. The minimum atomic E-state index is -3.39. The predicted octanol–water partition coefficient (Wildman–Crippen LogP) is 3.63. The molecule has 0 fully saturated rings. The van der Waals surface area contributed by atoms with Gasteiger partial charge in [-0.1, -0.05) is 6.07 Å². The van der Waals surface area contributed by atoms with Gasteiger partial charge >= 0.3 is 0 Å². The quantitative estimate of drug-likeness (QED) is 0.717. The van der Waals surface area contributed by atoms with Gasteiger partial charge in [0.25, 0.3) is 0 Å². The summed E-state index contributed by atoms with van der Waals surface area (Å²) in [7, 11) is -3.39. The van der Waals surface area contributed by atoms with E-state index in [4.69, 9.17) is 0 Å². The van der Waals surface area contributed by atoms with Gasteiger partial charge in [0.15, 0.2) is 0 Å². The number of nitrogens with one attached hydrogen (secondary N) is 2. The number of amides is 1. The van der Waals surface area contributed by atoms with Crippen molar-refractivity contribution in [3.05, 3.63) is 53.8 Å². The lowest BCUT2D eigenvalue weighted by atomic mass is 10.2. The molecule has 0 aliphatic carbocycles. The van der Waals surface area contributed by atoms with Crippen LogP contribution >= 0.6 is 11.8 Å². The molecule has 1 amide bonds. The Bertz CT molecular complexity index is 853. The van der Waals surface area contributed by atoms with E-state index in [1.165, 1.54) is 23.9 Å². The van der Waals surface area contributed by atoms with E-state index in [-0.39, 0.29) is 18.1 Å². The van der Waals surface area contributed by atoms with Gasteiger partial charge in [-0.2, -0.15) is 0 Å². The minimum Gasteiger partial charge on any atom is -0.326 e. The van der Waals surface area contributed by atoms with Gasteiger partial charge in [0.1, 0.15) is 5.82 Å². The van der Waals surface area contributed by atoms with Crippen LogP contribution in [0.5, 0.6) is 0 Å². The summed E-state index contributed by atoms with van der Waals surface area (Å²) < 4.78 is 38.0. The standard InChI is InChI=1S/C17H19FN2O3S2/c1-12-3-6-14(11-16(12)20-25(2,22)23)19-17(21)9-10-24-15-7-4-13(18)5-8-15/h3-8,11,20H,9-10H2,1-2H3,(H,19,21). The molecular formula is C17H19FN2O3S2. The molecule has 8 heteroatoms. The third-order valence-corrected chi connectivity index (χ3v) is 4.83. The fraction of sp³-hybridized carbons (Fsp3) is 0.235. The lowest BCUT2D eigenvalue weighted by molar-refractivity contribution is -0.115. The third kappa shape index (κ3) is 6.75. The van der Waals surface area contributed by atoms with E-state index in [0.717, 1.165) is 16.7 Å². The van der Waals surface area contributed by atoms with E-state index in [0.29, 0.717) is 17.1 Å². The zero-order valence-electron chi connectivity index (χ0n) is 13.9. The number of aryl methyl sites for hydroxylation is 1. The number of hydrogen-bond acceptors (Lipinski definition) is 4. The SMILES string of the molecule is Cc1ccc(NC(=O)CCSc2ccc(F)cc2)cc1NS(C)(=O)=O. The Labute approximate surface area is 151 Å². The predicted molar refractivity (Wildman–Crippen MR) is 100 cm³/mol. The van der Waals surface area contributed by atoms with Gasteiger partial charge in [-0.25, -0.2) is 12.8 Å². The van der Waals surface area contributed by atoms with Crippen LogP contribution in [0.3, 0.4) is 0 Å². The van der Waals surface area contributed by atoms with Crippen LogP contribution in [0.1, 0.15) is 12.0 Å². The number of thioether (sulfide) groups is 1. The number of carbonyl (C=O) groups excluding carboxylic acids is 1. The molecule has 0 heterocycles. The molecule has 0 saturated carbocycles. The van der Waals surface area contributed by atoms with E-state index in [1.807, 2.05) is 0 Å². The van der Waals surface area contributed by atoms with E-state index in [1.54, 1.807) is 37.3 Å². The van der Waals surface area contributed by atoms with Gasteiger partial charge in [0, 0.05) is 22.8 Å². The summed E-state index contributed by atoms with van der Waals surface area (Å²) in [6.45, 7) is 1.78. The molecule has 0 aliphatic heterocycles. The molecule has 2 N–H and O–H groups in total. The summed E-state index contributed by atoms with van der Waals surface area (Å²) >= 11 is 1.46. The maximum absolute atomic E-state index is 12.8. The molecule has 2 aromatic rings. The molecule has 0 aromatic heterocycles. The minimum absolute atomic E-state index is 0.177. The molecule has 5 nitrogen and oxygen atoms in total. The van der Waals surface area contributed by atoms with Gasteiger partial charge in [0.2, 0.25) is 15.9 Å². The van der Waals surface area contributed by atoms with Crippen molar-refractivity contribution in [2.24, 2.45) is 0 Å². The summed E-state index contributed by atoms with van der Waals surface area (Å²) in [5, 5.41) is 2.74. The van der Waals surface area contributed by atoms with Gasteiger partial charge < -0.3 is 5.32 Å². The highest BCUT2D eigenvalue weighted by atomic mass is 32.2. The number of carbonyl (C=O) groups is 1. The zero-order valence-corrected chi connectivity index (χ0v) is 15.5. The van der Waals surface area contributed by atoms with E-state index in [2.05, 4.69) is 10.0 Å². The number of rotatable bonds is 7. The molecule has 0 unspecified atom stereocenters. The zero-order chi connectivity index (χ0) is 18.4. The first kappa shape index (κ1) is 19.3. The van der Waals surface area contributed by atoms with Crippen LogP contribution in [-0.2, 0) is 14.8 Å². The van der Waals surface area contributed by atoms with Crippen molar-refractivity contribution in [2.45, 2.75) is 18.2 Å². The second-order valence-corrected chi connectivity index (χ2v) is 8.42. The second-order valence-electron chi connectivity index (χ2n) is 5.50. The van der Waals surface area contributed by atoms with Gasteiger partial charge in [-0.05, 0) is 48.9 Å². The summed E-state index contributed by atoms with van der Waals surface area (Å²) in [4.78, 5) is 12.9. The average Bonchev–Trinajstić information content (AvgIpc) is 2.51. The van der Waals surface area contributed by atoms with E-state index in [9.17, 15) is 17.6 Å². The van der Waals surface area contributed by atoms with Crippen molar-refractivity contribution in [1.82, 2.24) is 0 Å². The molecule has 0 aliphatic rings. The molecule has 0 spiro atoms. The maximum Gasteiger partial charge on any atom is 0.229 e. The Hall–Kier alpha value is -2.06. The normalized spacial score (nSPS) is 11.2. The molecule has 2 aromatic carbocycles. The number of sulfonamides is 1. The van der Waals surface area contributed by atoms with Crippen LogP contribution in [0, 0.1) is 12.7 Å². The molecule has 0 bridgehead atoms. The number of hydrogen-bond donors (Lipinski definition) is 2. The first-order valence-electron chi connectivity index (χ1n) is 7.49. The van der Waals surface area contributed by atoms with Crippen molar-refractivity contribution in [3.63, 3.8) is 0 Å². The van der Waals surface area contributed by atoms with Crippen LogP contribution in [-0.4, -0.2) is 26.3 Å². The van der Waals surface area contributed by atoms with Crippen LogP contribution in [0.15, 0.2) is 47.4 Å². The Kier molecular flexibility index (Phi) is 6.44. The molecule has 2 rings (SSSR count). The molecule has 0 radical (unpaired) electrons. The van der Waals surface area contributed by atoms with Gasteiger partial charge in [-0.3, -0.25) is 9.52 Å². The van der Waals surface area contributed by atoms with Crippen molar-refractivity contribution in [2.75, 3.05) is 22.0 Å². The summed E-state index contributed by atoms with van der Waals surface area (Å²) in [6, 6.07) is 11.1. The fourth-order valence-corrected chi connectivity index (χ4v) is 3.50. The average molecular weight is 382 g/mol. The van der Waals surface area contributed by atoms with Crippen LogP contribution in [0.25, 0.3) is 0 Å². The third-order valence-electron chi connectivity index (χ3n) is 3.23. The van der Waals surface area contributed by atoms with Crippen LogP contribution < -0.4 is 10.0 Å². The van der Waals surface area contributed by atoms with Crippen molar-refractivity contribution >= 4 is 39.1 Å². The second kappa shape index (κ2) is 8.35. The lowest BCUT2D eigenvalue weighted by Gasteiger charge is -2.11. The monoisotopic (exact) mass is 382 g/mol. The van der Waals surface area contributed by atoms with E-state index >= 15 is 0 Å². The summed E-state index contributed by atoms with van der Waals surface area (Å²) in [5.74, 6) is 0.0846. The molecule has 0 atom stereocenters. The van der Waals surface area contributed by atoms with Crippen molar-refractivity contribution < 1.29 is 17.6 Å². The first-order valence-corrected chi connectivity index (χ1v) is 10.4. The van der Waals surface area contributed by atoms with Crippen LogP contribution in [0.2, 0.25) is 0 Å². The molecular weight excluding hydrogens is 363 g/mol. The topological polar surface area (TPSA) is 75.3 Å². The first-order chi connectivity index (χ1) is 11.7. The number of anilines is 2. The smallest absolute Gasteiger partial charge is 0.229 e. The number of benzene rings is 2. The van der Waals surface area contributed by atoms with Crippen molar-refractivity contribution in [3.8, 4) is 0 Å². The van der Waals surface area contributed by atoms with E-state index < -0.39 is 10.0 Å². The van der Waals surface area contributed by atoms with Gasteiger partial charge in [0.05, 0.1) is 11.9 Å². The summed E-state index contributed by atoms with van der Waals surface area (Å²) in [5.41, 5.74) is 1.71. The number of halogens is 1. The Morgan fingerprint density at radius 1 is 1.16 bits per heavy atom. The largest absolute Gasteiger partial charge is 0.326 e. The maximum atomic E-state index is 12.8. The fourth-order valence-electron chi connectivity index (χ4n) is 2.03. The van der Waals surface area contributed by atoms with Crippen LogP contribution in [0.4, 0.5) is 15.8 Å². The van der Waals surface area contributed by atoms with Crippen molar-refractivity contribution in [1.29, 1.82) is 0 Å². The van der Waals surface area contributed by atoms with Gasteiger partial charge in [-0.15, -0.1) is 11.8 Å². The molecule has 25 heavy (non-hydrogen) atoms. The Balaban J connectivity index is 1.89. The highest BCUT2D eigenvalue weighted by Gasteiger charge is 2.08. The molecule has 0 saturated heterocycles. The highest BCUT2D eigenvalue weighted by molar-refractivity contribution is 7.99.